The predicted molar refractivity (Wildman–Crippen MR) is 151 cm³/mol. The number of thiocarbonyl (C=S) groups is 1. The van der Waals surface area contributed by atoms with E-state index in [4.69, 9.17) is 21.7 Å². The van der Waals surface area contributed by atoms with E-state index in [0.29, 0.717) is 40.5 Å². The van der Waals surface area contributed by atoms with Crippen LogP contribution in [0.5, 0.6) is 11.5 Å². The summed E-state index contributed by atoms with van der Waals surface area (Å²) in [5, 5.41) is 2.39. The molecule has 1 saturated heterocycles. The van der Waals surface area contributed by atoms with Crippen LogP contribution in [0.15, 0.2) is 95.9 Å². The number of nitrogens with zero attached hydrogens (tertiary/aromatic N) is 1. The van der Waals surface area contributed by atoms with Crippen LogP contribution in [0.4, 0.5) is 0 Å². The molecule has 0 radical (unpaired) electrons. The summed E-state index contributed by atoms with van der Waals surface area (Å²) in [4.78, 5) is 15.3. The van der Waals surface area contributed by atoms with Gasteiger partial charge in [0.2, 0.25) is 0 Å². The monoisotopic (exact) mass is 511 g/mol. The van der Waals surface area contributed by atoms with Crippen LogP contribution in [-0.2, 0) is 17.9 Å². The average molecular weight is 512 g/mol. The van der Waals surface area contributed by atoms with Crippen molar-refractivity contribution in [2.75, 3.05) is 6.61 Å². The van der Waals surface area contributed by atoms with Crippen molar-refractivity contribution in [3.63, 3.8) is 0 Å². The summed E-state index contributed by atoms with van der Waals surface area (Å²) in [5.74, 6) is 1.23. The molecule has 0 spiro atoms. The van der Waals surface area contributed by atoms with Crippen LogP contribution in [0.3, 0.4) is 0 Å². The SMILES string of the molecule is CCOc1cc(/C=C2\SC(=S)N(Cc3ccccc3)C2=O)ccc1OCc1ccc2ccccc2c1. The van der Waals surface area contributed by atoms with Gasteiger partial charge in [-0.05, 0) is 58.7 Å². The molecule has 1 heterocycles. The molecule has 180 valence electrons. The molecule has 0 aromatic heterocycles. The fourth-order valence-corrected chi connectivity index (χ4v) is 5.30. The normalized spacial score (nSPS) is 14.6. The Morgan fingerprint density at radius 3 is 2.42 bits per heavy atom. The van der Waals surface area contributed by atoms with E-state index in [1.165, 1.54) is 22.5 Å². The van der Waals surface area contributed by atoms with Gasteiger partial charge in [0.1, 0.15) is 10.9 Å². The molecular weight excluding hydrogens is 486 g/mol. The summed E-state index contributed by atoms with van der Waals surface area (Å²) in [6.07, 6.45) is 1.86. The van der Waals surface area contributed by atoms with E-state index in [-0.39, 0.29) is 5.91 Å². The highest BCUT2D eigenvalue weighted by Crippen LogP contribution is 2.36. The standard InChI is InChI=1S/C30H25NO3S2/c1-2-33-27-17-22(18-28-29(32)31(30(35)36-28)19-21-8-4-3-5-9-21)13-15-26(27)34-20-23-12-14-24-10-6-7-11-25(24)16-23/h3-18H,2,19-20H2,1H3/b28-18-. The zero-order valence-electron chi connectivity index (χ0n) is 19.8. The van der Waals surface area contributed by atoms with Crippen LogP contribution in [0.2, 0.25) is 0 Å². The molecule has 5 rings (SSSR count). The van der Waals surface area contributed by atoms with E-state index < -0.39 is 0 Å². The highest BCUT2D eigenvalue weighted by Gasteiger charge is 2.32. The number of rotatable bonds is 8. The molecule has 1 amide bonds. The van der Waals surface area contributed by atoms with Crippen LogP contribution in [0.25, 0.3) is 16.8 Å². The maximum absolute atomic E-state index is 13.0. The highest BCUT2D eigenvalue weighted by atomic mass is 32.2. The molecule has 4 nitrogen and oxygen atoms in total. The van der Waals surface area contributed by atoms with Crippen LogP contribution in [0, 0.1) is 0 Å². The number of amides is 1. The van der Waals surface area contributed by atoms with Gasteiger partial charge < -0.3 is 9.47 Å². The van der Waals surface area contributed by atoms with E-state index in [1.807, 2.05) is 73.7 Å². The highest BCUT2D eigenvalue weighted by molar-refractivity contribution is 8.26. The Labute approximate surface area is 220 Å². The van der Waals surface area contributed by atoms with Gasteiger partial charge in [0.05, 0.1) is 18.1 Å². The van der Waals surface area contributed by atoms with Crippen LogP contribution in [-0.4, -0.2) is 21.7 Å². The quantitative estimate of drug-likeness (QED) is 0.184. The van der Waals surface area contributed by atoms with Gasteiger partial charge in [-0.3, -0.25) is 9.69 Å². The molecule has 36 heavy (non-hydrogen) atoms. The predicted octanol–water partition coefficient (Wildman–Crippen LogP) is 7.22. The van der Waals surface area contributed by atoms with Crippen molar-refractivity contribution in [3.8, 4) is 11.5 Å². The Morgan fingerprint density at radius 2 is 1.61 bits per heavy atom. The van der Waals surface area contributed by atoms with Crippen molar-refractivity contribution in [2.24, 2.45) is 0 Å². The fraction of sp³-hybridized carbons (Fsp3) is 0.133. The molecule has 0 atom stereocenters. The second kappa shape index (κ2) is 11.0. The van der Waals surface area contributed by atoms with Crippen molar-refractivity contribution in [3.05, 3.63) is 113 Å². The molecule has 0 saturated carbocycles. The van der Waals surface area contributed by atoms with E-state index in [2.05, 4.69) is 30.3 Å². The number of fused-ring (bicyclic) bond motifs is 1. The fourth-order valence-electron chi connectivity index (χ4n) is 4.05. The van der Waals surface area contributed by atoms with Crippen molar-refractivity contribution >= 4 is 51.1 Å². The van der Waals surface area contributed by atoms with Crippen LogP contribution < -0.4 is 9.47 Å². The number of ether oxygens (including phenoxy) is 2. The molecule has 1 aliphatic heterocycles. The molecule has 0 N–H and O–H groups in total. The number of carbonyl (C=O) groups excluding carboxylic acids is 1. The van der Waals surface area contributed by atoms with Crippen molar-refractivity contribution in [1.29, 1.82) is 0 Å². The number of hydrogen-bond acceptors (Lipinski definition) is 5. The lowest BCUT2D eigenvalue weighted by molar-refractivity contribution is -0.122. The van der Waals surface area contributed by atoms with Gasteiger partial charge in [0, 0.05) is 0 Å². The summed E-state index contributed by atoms with van der Waals surface area (Å²) in [7, 11) is 0. The van der Waals surface area contributed by atoms with Gasteiger partial charge in [-0.1, -0.05) is 96.8 Å². The molecular formula is C30H25NO3S2. The maximum atomic E-state index is 13.0. The van der Waals surface area contributed by atoms with Gasteiger partial charge in [-0.25, -0.2) is 0 Å². The summed E-state index contributed by atoms with van der Waals surface area (Å²) >= 11 is 6.82. The second-order valence-corrected chi connectivity index (χ2v) is 10.0. The Morgan fingerprint density at radius 1 is 0.833 bits per heavy atom. The summed E-state index contributed by atoms with van der Waals surface area (Å²) < 4.78 is 12.6. The van der Waals surface area contributed by atoms with Gasteiger partial charge in [-0.2, -0.15) is 0 Å². The summed E-state index contributed by atoms with van der Waals surface area (Å²) in [5.41, 5.74) is 2.99. The number of benzene rings is 4. The average Bonchev–Trinajstić information content (AvgIpc) is 3.16. The number of hydrogen-bond donors (Lipinski definition) is 0. The van der Waals surface area contributed by atoms with E-state index >= 15 is 0 Å². The lowest BCUT2D eigenvalue weighted by atomic mass is 10.1. The van der Waals surface area contributed by atoms with Crippen LogP contribution >= 0.6 is 24.0 Å². The van der Waals surface area contributed by atoms with Crippen LogP contribution in [0.1, 0.15) is 23.6 Å². The zero-order valence-corrected chi connectivity index (χ0v) is 21.5. The van der Waals surface area contributed by atoms with E-state index in [0.717, 1.165) is 16.7 Å². The van der Waals surface area contributed by atoms with Crippen molar-refractivity contribution in [2.45, 2.75) is 20.1 Å². The lowest BCUT2D eigenvalue weighted by Gasteiger charge is -2.14. The third kappa shape index (κ3) is 5.45. The molecule has 0 unspecified atom stereocenters. The molecule has 0 bridgehead atoms. The largest absolute Gasteiger partial charge is 0.490 e. The minimum atomic E-state index is -0.0801. The molecule has 1 fully saturated rings. The molecule has 4 aromatic carbocycles. The first-order valence-corrected chi connectivity index (χ1v) is 13.0. The van der Waals surface area contributed by atoms with Gasteiger partial charge in [0.25, 0.3) is 5.91 Å². The zero-order chi connectivity index (χ0) is 24.9. The van der Waals surface area contributed by atoms with Gasteiger partial charge >= 0.3 is 0 Å². The summed E-state index contributed by atoms with van der Waals surface area (Å²) in [6, 6.07) is 30.2. The minimum Gasteiger partial charge on any atom is -0.490 e. The Bertz CT molecular complexity index is 1450. The molecule has 1 aliphatic rings. The van der Waals surface area contributed by atoms with Gasteiger partial charge in [-0.15, -0.1) is 0 Å². The minimum absolute atomic E-state index is 0.0801. The van der Waals surface area contributed by atoms with E-state index in [1.54, 1.807) is 4.90 Å². The number of thioether (sulfide) groups is 1. The number of carbonyl (C=O) groups is 1. The molecule has 4 aromatic rings. The second-order valence-electron chi connectivity index (χ2n) is 8.36. The molecule has 6 heteroatoms. The van der Waals surface area contributed by atoms with Crippen molar-refractivity contribution in [1.82, 2.24) is 4.90 Å². The Kier molecular flexibility index (Phi) is 7.35. The first-order valence-electron chi connectivity index (χ1n) is 11.8. The maximum Gasteiger partial charge on any atom is 0.266 e. The van der Waals surface area contributed by atoms with Crippen molar-refractivity contribution < 1.29 is 14.3 Å². The van der Waals surface area contributed by atoms with Gasteiger partial charge in [0.15, 0.2) is 11.5 Å². The Balaban J connectivity index is 1.32. The first-order chi connectivity index (χ1) is 17.6. The third-order valence-electron chi connectivity index (χ3n) is 5.83. The summed E-state index contributed by atoms with van der Waals surface area (Å²) in [6.45, 7) is 3.35. The topological polar surface area (TPSA) is 38.8 Å². The third-order valence-corrected chi connectivity index (χ3v) is 7.21. The lowest BCUT2D eigenvalue weighted by Crippen LogP contribution is -2.27. The smallest absolute Gasteiger partial charge is 0.266 e. The van der Waals surface area contributed by atoms with E-state index in [9.17, 15) is 4.79 Å². The first kappa shape index (κ1) is 24.1. The molecule has 0 aliphatic carbocycles. The Hall–Kier alpha value is -3.61.